The first-order valence-electron chi connectivity index (χ1n) is 12.6. The predicted molar refractivity (Wildman–Crippen MR) is 143 cm³/mol. The van der Waals surface area contributed by atoms with Gasteiger partial charge in [0.2, 0.25) is 5.91 Å². The molecule has 0 spiro atoms. The molecule has 0 N–H and O–H groups in total. The van der Waals surface area contributed by atoms with Gasteiger partial charge < -0.3 is 23.9 Å². The maximum atomic E-state index is 13.4. The van der Waals surface area contributed by atoms with Crippen molar-refractivity contribution < 1.29 is 23.8 Å². The Bertz CT molecular complexity index is 1300. The van der Waals surface area contributed by atoms with E-state index in [4.69, 9.17) is 14.2 Å². The van der Waals surface area contributed by atoms with Crippen molar-refractivity contribution in [3.8, 4) is 22.6 Å². The van der Waals surface area contributed by atoms with E-state index >= 15 is 0 Å². The van der Waals surface area contributed by atoms with Crippen LogP contribution in [0.2, 0.25) is 0 Å². The fraction of sp³-hybridized carbons (Fsp3) is 0.290. The van der Waals surface area contributed by atoms with Crippen LogP contribution in [-0.4, -0.2) is 56.1 Å². The third kappa shape index (κ3) is 5.44. The second kappa shape index (κ2) is 11.0. The molecule has 1 amide bonds. The lowest BCUT2D eigenvalue weighted by Gasteiger charge is -2.32. The molecule has 190 valence electrons. The van der Waals surface area contributed by atoms with Crippen molar-refractivity contribution in [3.05, 3.63) is 89.5 Å². The van der Waals surface area contributed by atoms with Gasteiger partial charge in [0.1, 0.15) is 18.5 Å². The Morgan fingerprint density at radius 1 is 0.973 bits per heavy atom. The molecule has 1 fully saturated rings. The number of methoxy groups -OCH3 is 1. The molecule has 6 heteroatoms. The number of hydrogen-bond acceptors (Lipinski definition) is 5. The molecule has 6 nitrogen and oxygen atoms in total. The molecule has 3 aromatic carbocycles. The standard InChI is InChI=1S/C31H31NO5/c1-21(33)11-12-22-13-14-29(30(17-22)35-2)37-20-23-19-32(15-16-36-23)31(34)18-28-26-9-5-3-7-24(26)25-8-4-6-10-27(25)28/h3-10,13-14,17-18,23H,11-12,15-16,19-20H2,1-2H3. The van der Waals surface area contributed by atoms with Gasteiger partial charge in [0, 0.05) is 19.0 Å². The smallest absolute Gasteiger partial charge is 0.247 e. The first-order chi connectivity index (χ1) is 18.0. The van der Waals surface area contributed by atoms with Gasteiger partial charge in [-0.05, 0) is 58.9 Å². The summed E-state index contributed by atoms with van der Waals surface area (Å²) in [4.78, 5) is 26.5. The summed E-state index contributed by atoms with van der Waals surface area (Å²) >= 11 is 0. The quantitative estimate of drug-likeness (QED) is 0.323. The van der Waals surface area contributed by atoms with E-state index in [1.807, 2.05) is 47.4 Å². The van der Waals surface area contributed by atoms with Gasteiger partial charge in [0.05, 0.1) is 20.3 Å². The molecule has 0 aromatic heterocycles. The van der Waals surface area contributed by atoms with Crippen molar-refractivity contribution in [2.75, 3.05) is 33.4 Å². The Morgan fingerprint density at radius 3 is 2.30 bits per heavy atom. The number of morpholine rings is 1. The molecular weight excluding hydrogens is 466 g/mol. The van der Waals surface area contributed by atoms with Crippen LogP contribution >= 0.6 is 0 Å². The highest BCUT2D eigenvalue weighted by Crippen LogP contribution is 2.43. The molecule has 1 aliphatic carbocycles. The summed E-state index contributed by atoms with van der Waals surface area (Å²) in [7, 11) is 1.60. The van der Waals surface area contributed by atoms with E-state index in [-0.39, 0.29) is 17.8 Å². The molecule has 5 rings (SSSR count). The third-order valence-electron chi connectivity index (χ3n) is 6.86. The topological polar surface area (TPSA) is 65.1 Å². The lowest BCUT2D eigenvalue weighted by Crippen LogP contribution is -2.47. The van der Waals surface area contributed by atoms with Crippen LogP contribution in [0, 0.1) is 0 Å². The van der Waals surface area contributed by atoms with E-state index < -0.39 is 0 Å². The molecule has 1 saturated heterocycles. The number of benzene rings is 3. The van der Waals surface area contributed by atoms with Crippen molar-refractivity contribution in [1.29, 1.82) is 0 Å². The number of carbonyl (C=O) groups is 2. The van der Waals surface area contributed by atoms with Crippen molar-refractivity contribution in [1.82, 2.24) is 4.90 Å². The number of hydrogen-bond donors (Lipinski definition) is 0. The number of ether oxygens (including phenoxy) is 3. The van der Waals surface area contributed by atoms with E-state index in [1.54, 1.807) is 20.1 Å². The number of carbonyl (C=O) groups excluding carboxylic acids is 2. The molecule has 3 aromatic rings. The second-order valence-electron chi connectivity index (χ2n) is 9.42. The molecule has 1 atom stereocenters. The molecular formula is C31H31NO5. The van der Waals surface area contributed by atoms with Gasteiger partial charge in [0.15, 0.2) is 11.5 Å². The average molecular weight is 498 g/mol. The summed E-state index contributed by atoms with van der Waals surface area (Å²) in [5, 5.41) is 0. The van der Waals surface area contributed by atoms with Crippen LogP contribution in [0.1, 0.15) is 30.0 Å². The summed E-state index contributed by atoms with van der Waals surface area (Å²) in [5.74, 6) is 1.36. The second-order valence-corrected chi connectivity index (χ2v) is 9.42. The van der Waals surface area contributed by atoms with Crippen LogP contribution in [0.5, 0.6) is 11.5 Å². The van der Waals surface area contributed by atoms with Crippen molar-refractivity contribution in [2.45, 2.75) is 25.9 Å². The van der Waals surface area contributed by atoms with Crippen molar-refractivity contribution in [2.24, 2.45) is 0 Å². The highest BCUT2D eigenvalue weighted by Gasteiger charge is 2.27. The zero-order chi connectivity index (χ0) is 25.8. The average Bonchev–Trinajstić information content (AvgIpc) is 3.24. The number of rotatable bonds is 8. The highest BCUT2D eigenvalue weighted by atomic mass is 16.5. The first-order valence-corrected chi connectivity index (χ1v) is 12.6. The third-order valence-corrected chi connectivity index (χ3v) is 6.86. The summed E-state index contributed by atoms with van der Waals surface area (Å²) in [5.41, 5.74) is 6.48. The molecule has 37 heavy (non-hydrogen) atoms. The normalized spacial score (nSPS) is 16.1. The van der Waals surface area contributed by atoms with Gasteiger partial charge in [-0.25, -0.2) is 0 Å². The Kier molecular flexibility index (Phi) is 7.37. The van der Waals surface area contributed by atoms with Crippen molar-refractivity contribution in [3.63, 3.8) is 0 Å². The molecule has 2 aliphatic rings. The van der Waals surface area contributed by atoms with Gasteiger partial charge >= 0.3 is 0 Å². The van der Waals surface area contributed by atoms with Gasteiger partial charge in [-0.3, -0.25) is 4.79 Å². The lowest BCUT2D eigenvalue weighted by molar-refractivity contribution is -0.134. The Balaban J connectivity index is 1.25. The zero-order valence-corrected chi connectivity index (χ0v) is 21.2. The fourth-order valence-electron chi connectivity index (χ4n) is 4.93. The Morgan fingerprint density at radius 2 is 1.65 bits per heavy atom. The van der Waals surface area contributed by atoms with Gasteiger partial charge in [-0.1, -0.05) is 54.6 Å². The number of ketones is 1. The van der Waals surface area contributed by atoms with E-state index in [9.17, 15) is 9.59 Å². The number of Topliss-reactive ketones (excluding diaryl/α,β-unsaturated/α-hetero) is 1. The predicted octanol–water partition coefficient (Wildman–Crippen LogP) is 4.94. The minimum absolute atomic E-state index is 0.0257. The first kappa shape index (κ1) is 24.8. The molecule has 0 saturated carbocycles. The number of aryl methyl sites for hydroxylation is 1. The highest BCUT2D eigenvalue weighted by molar-refractivity contribution is 6.08. The fourth-order valence-corrected chi connectivity index (χ4v) is 4.93. The van der Waals surface area contributed by atoms with Gasteiger partial charge in [-0.15, -0.1) is 0 Å². The number of amides is 1. The molecule has 1 unspecified atom stereocenters. The maximum Gasteiger partial charge on any atom is 0.247 e. The van der Waals surface area contributed by atoms with Gasteiger partial charge in [-0.2, -0.15) is 0 Å². The lowest BCUT2D eigenvalue weighted by atomic mass is 10.0. The number of fused-ring (bicyclic) bond motifs is 3. The van der Waals surface area contributed by atoms with E-state index in [0.717, 1.165) is 33.4 Å². The van der Waals surface area contributed by atoms with Crippen LogP contribution in [0.25, 0.3) is 16.7 Å². The number of nitrogens with zero attached hydrogens (tertiary/aromatic N) is 1. The SMILES string of the molecule is COc1cc(CCC(C)=O)ccc1OCC1CN(C(=O)C=C2c3ccccc3-c3ccccc32)CCO1. The molecule has 0 radical (unpaired) electrons. The van der Waals surface area contributed by atoms with Crippen LogP contribution in [0.3, 0.4) is 0 Å². The zero-order valence-electron chi connectivity index (χ0n) is 21.2. The van der Waals surface area contributed by atoms with E-state index in [0.29, 0.717) is 50.6 Å². The Hall–Kier alpha value is -3.90. The van der Waals surface area contributed by atoms with Crippen LogP contribution in [0.4, 0.5) is 0 Å². The van der Waals surface area contributed by atoms with Gasteiger partial charge in [0.25, 0.3) is 0 Å². The van der Waals surface area contributed by atoms with E-state index in [2.05, 4.69) is 24.3 Å². The monoisotopic (exact) mass is 497 g/mol. The Labute approximate surface area is 217 Å². The molecule has 1 aliphatic heterocycles. The molecule has 0 bridgehead atoms. The minimum atomic E-state index is -0.249. The summed E-state index contributed by atoms with van der Waals surface area (Å²) in [6.45, 7) is 3.34. The summed E-state index contributed by atoms with van der Waals surface area (Å²) in [6.07, 6.45) is 2.67. The maximum absolute atomic E-state index is 13.4. The summed E-state index contributed by atoms with van der Waals surface area (Å²) in [6, 6.07) is 22.1. The van der Waals surface area contributed by atoms with Crippen molar-refractivity contribution >= 4 is 17.3 Å². The van der Waals surface area contributed by atoms with Crippen LogP contribution < -0.4 is 9.47 Å². The summed E-state index contributed by atoms with van der Waals surface area (Å²) < 4.78 is 17.4. The van der Waals surface area contributed by atoms with E-state index in [1.165, 1.54) is 0 Å². The molecule has 1 heterocycles. The minimum Gasteiger partial charge on any atom is -0.493 e. The largest absolute Gasteiger partial charge is 0.493 e. The van der Waals surface area contributed by atoms with Crippen LogP contribution in [-0.2, 0) is 20.7 Å². The van der Waals surface area contributed by atoms with Crippen LogP contribution in [0.15, 0.2) is 72.8 Å².